The monoisotopic (exact) mass is 247 g/mol. The zero-order valence-corrected chi connectivity index (χ0v) is 11.6. The van der Waals surface area contributed by atoms with Crippen molar-refractivity contribution in [2.24, 2.45) is 5.41 Å². The standard InChI is InChI=1S/C13H29NO3/c1-4-13(5-2,12-15)11-14-7-10-17-9-6-8-16-3/h14-15H,4-12H2,1-3H3. The van der Waals surface area contributed by atoms with E-state index in [9.17, 15) is 5.11 Å². The van der Waals surface area contributed by atoms with E-state index in [0.29, 0.717) is 0 Å². The van der Waals surface area contributed by atoms with Crippen LogP contribution < -0.4 is 5.32 Å². The molecule has 0 radical (unpaired) electrons. The molecule has 4 heteroatoms. The van der Waals surface area contributed by atoms with Crippen LogP contribution in [0, 0.1) is 5.41 Å². The summed E-state index contributed by atoms with van der Waals surface area (Å²) in [4.78, 5) is 0. The maximum atomic E-state index is 9.39. The number of ether oxygens (including phenoxy) is 2. The molecule has 2 N–H and O–H groups in total. The van der Waals surface area contributed by atoms with Crippen LogP contribution in [0.25, 0.3) is 0 Å². The Morgan fingerprint density at radius 2 is 1.82 bits per heavy atom. The van der Waals surface area contributed by atoms with Gasteiger partial charge in [0.15, 0.2) is 0 Å². The first-order valence-corrected chi connectivity index (χ1v) is 6.63. The minimum Gasteiger partial charge on any atom is -0.396 e. The molecule has 0 heterocycles. The van der Waals surface area contributed by atoms with Crippen molar-refractivity contribution < 1.29 is 14.6 Å². The topological polar surface area (TPSA) is 50.7 Å². The predicted octanol–water partition coefficient (Wildman–Crippen LogP) is 1.43. The van der Waals surface area contributed by atoms with Crippen LogP contribution in [0.5, 0.6) is 0 Å². The van der Waals surface area contributed by atoms with E-state index in [4.69, 9.17) is 9.47 Å². The lowest BCUT2D eigenvalue weighted by atomic mass is 9.83. The number of methoxy groups -OCH3 is 1. The number of nitrogens with one attached hydrogen (secondary N) is 1. The van der Waals surface area contributed by atoms with Gasteiger partial charge in [-0.05, 0) is 19.3 Å². The van der Waals surface area contributed by atoms with Gasteiger partial charge in [0.05, 0.1) is 6.61 Å². The fourth-order valence-electron chi connectivity index (χ4n) is 1.68. The zero-order chi connectivity index (χ0) is 13.0. The van der Waals surface area contributed by atoms with Crippen molar-refractivity contribution >= 4 is 0 Å². The Labute approximate surface area is 106 Å². The minimum atomic E-state index is 0.0377. The molecule has 0 aliphatic heterocycles. The van der Waals surface area contributed by atoms with Crippen LogP contribution in [0.3, 0.4) is 0 Å². The average molecular weight is 247 g/mol. The number of aliphatic hydroxyl groups excluding tert-OH is 1. The summed E-state index contributed by atoms with van der Waals surface area (Å²) in [6.45, 7) is 8.44. The molecule has 0 aliphatic rings. The molecule has 0 rings (SSSR count). The highest BCUT2D eigenvalue weighted by molar-refractivity contribution is 4.77. The van der Waals surface area contributed by atoms with Gasteiger partial charge in [-0.1, -0.05) is 13.8 Å². The molecule has 0 fully saturated rings. The number of hydrogen-bond acceptors (Lipinski definition) is 4. The molecule has 104 valence electrons. The van der Waals surface area contributed by atoms with Gasteiger partial charge in [-0.2, -0.15) is 0 Å². The van der Waals surface area contributed by atoms with Crippen LogP contribution in [0.4, 0.5) is 0 Å². The summed E-state index contributed by atoms with van der Waals surface area (Å²) in [5.41, 5.74) is 0.0377. The Morgan fingerprint density at radius 1 is 1.12 bits per heavy atom. The van der Waals surface area contributed by atoms with Crippen molar-refractivity contribution in [2.45, 2.75) is 33.1 Å². The van der Waals surface area contributed by atoms with Crippen molar-refractivity contribution in [1.29, 1.82) is 0 Å². The van der Waals surface area contributed by atoms with E-state index in [-0.39, 0.29) is 12.0 Å². The Balaban J connectivity index is 3.43. The maximum absolute atomic E-state index is 9.39. The van der Waals surface area contributed by atoms with Gasteiger partial charge in [0.1, 0.15) is 0 Å². The van der Waals surface area contributed by atoms with E-state index < -0.39 is 0 Å². The zero-order valence-electron chi connectivity index (χ0n) is 11.6. The third-order valence-electron chi connectivity index (χ3n) is 3.40. The van der Waals surface area contributed by atoms with E-state index >= 15 is 0 Å². The summed E-state index contributed by atoms with van der Waals surface area (Å²) in [5, 5.41) is 12.7. The van der Waals surface area contributed by atoms with Crippen molar-refractivity contribution in [3.05, 3.63) is 0 Å². The molecule has 0 saturated carbocycles. The van der Waals surface area contributed by atoms with Gasteiger partial charge in [0.2, 0.25) is 0 Å². The van der Waals surface area contributed by atoms with Gasteiger partial charge in [-0.3, -0.25) is 0 Å². The van der Waals surface area contributed by atoms with Crippen LogP contribution in [-0.2, 0) is 9.47 Å². The summed E-state index contributed by atoms with van der Waals surface area (Å²) >= 11 is 0. The molecule has 17 heavy (non-hydrogen) atoms. The van der Waals surface area contributed by atoms with Crippen LogP contribution in [0.1, 0.15) is 33.1 Å². The van der Waals surface area contributed by atoms with Gasteiger partial charge in [-0.25, -0.2) is 0 Å². The minimum absolute atomic E-state index is 0.0377. The third-order valence-corrected chi connectivity index (χ3v) is 3.40. The molecule has 0 amide bonds. The second-order valence-electron chi connectivity index (χ2n) is 4.50. The summed E-state index contributed by atoms with van der Waals surface area (Å²) < 4.78 is 10.4. The Morgan fingerprint density at radius 3 is 2.35 bits per heavy atom. The van der Waals surface area contributed by atoms with E-state index in [1.165, 1.54) is 0 Å². The highest BCUT2D eigenvalue weighted by Crippen LogP contribution is 2.24. The van der Waals surface area contributed by atoms with Crippen LogP contribution in [-0.4, -0.2) is 51.7 Å². The number of rotatable bonds is 12. The predicted molar refractivity (Wildman–Crippen MR) is 70.3 cm³/mol. The largest absolute Gasteiger partial charge is 0.396 e. The molecule has 0 saturated heterocycles. The highest BCUT2D eigenvalue weighted by Gasteiger charge is 2.24. The second kappa shape index (κ2) is 11.0. The van der Waals surface area contributed by atoms with Crippen LogP contribution >= 0.6 is 0 Å². The molecular weight excluding hydrogens is 218 g/mol. The summed E-state index contributed by atoms with van der Waals surface area (Å²) in [5.74, 6) is 0. The normalized spacial score (nSPS) is 12.0. The van der Waals surface area contributed by atoms with E-state index in [1.54, 1.807) is 7.11 Å². The van der Waals surface area contributed by atoms with Crippen molar-refractivity contribution in [2.75, 3.05) is 46.6 Å². The highest BCUT2D eigenvalue weighted by atomic mass is 16.5. The summed E-state index contributed by atoms with van der Waals surface area (Å²) in [7, 11) is 1.70. The number of hydrogen-bond donors (Lipinski definition) is 2. The van der Waals surface area contributed by atoms with Gasteiger partial charge < -0.3 is 19.9 Å². The lowest BCUT2D eigenvalue weighted by molar-refractivity contribution is 0.0919. The SMILES string of the molecule is CCC(CC)(CO)CNCCOCCCOC. The van der Waals surface area contributed by atoms with E-state index in [1.807, 2.05) is 0 Å². The van der Waals surface area contributed by atoms with Gasteiger partial charge in [-0.15, -0.1) is 0 Å². The van der Waals surface area contributed by atoms with Crippen molar-refractivity contribution in [3.8, 4) is 0 Å². The molecule has 0 atom stereocenters. The molecule has 0 bridgehead atoms. The third kappa shape index (κ3) is 7.71. The average Bonchev–Trinajstić information content (AvgIpc) is 2.38. The van der Waals surface area contributed by atoms with Gasteiger partial charge in [0.25, 0.3) is 0 Å². The molecular formula is C13H29NO3. The van der Waals surface area contributed by atoms with E-state index in [2.05, 4.69) is 19.2 Å². The Kier molecular flexibility index (Phi) is 10.9. The molecule has 0 aromatic carbocycles. The molecule has 0 spiro atoms. The van der Waals surface area contributed by atoms with Crippen molar-refractivity contribution in [1.82, 2.24) is 5.32 Å². The van der Waals surface area contributed by atoms with E-state index in [0.717, 1.165) is 52.2 Å². The van der Waals surface area contributed by atoms with Gasteiger partial charge in [0, 0.05) is 45.4 Å². The molecule has 0 aromatic rings. The number of aliphatic hydroxyl groups is 1. The summed E-state index contributed by atoms with van der Waals surface area (Å²) in [6.07, 6.45) is 2.95. The first-order chi connectivity index (χ1) is 8.24. The van der Waals surface area contributed by atoms with Crippen LogP contribution in [0.2, 0.25) is 0 Å². The molecule has 0 unspecified atom stereocenters. The first kappa shape index (κ1) is 16.8. The second-order valence-corrected chi connectivity index (χ2v) is 4.50. The van der Waals surface area contributed by atoms with Gasteiger partial charge >= 0.3 is 0 Å². The smallest absolute Gasteiger partial charge is 0.0590 e. The maximum Gasteiger partial charge on any atom is 0.0590 e. The van der Waals surface area contributed by atoms with Crippen LogP contribution in [0.15, 0.2) is 0 Å². The summed E-state index contributed by atoms with van der Waals surface area (Å²) in [6, 6.07) is 0. The fraction of sp³-hybridized carbons (Fsp3) is 1.00. The molecule has 0 aromatic heterocycles. The quantitative estimate of drug-likeness (QED) is 0.512. The Hall–Kier alpha value is -0.160. The fourth-order valence-corrected chi connectivity index (χ4v) is 1.68. The molecule has 4 nitrogen and oxygen atoms in total. The van der Waals surface area contributed by atoms with Crippen molar-refractivity contribution in [3.63, 3.8) is 0 Å². The molecule has 0 aliphatic carbocycles. The Bertz CT molecular complexity index is 152. The first-order valence-electron chi connectivity index (χ1n) is 6.63. The lowest BCUT2D eigenvalue weighted by Crippen LogP contribution is -2.37. The lowest BCUT2D eigenvalue weighted by Gasteiger charge is -2.29.